The first-order valence-electron chi connectivity index (χ1n) is 28.8. The highest BCUT2D eigenvalue weighted by Crippen LogP contribution is 2.43. The van der Waals surface area contributed by atoms with Crippen molar-refractivity contribution < 1.29 is 42.1 Å². The normalized spacial score (nSPS) is 13.2. The number of quaternary nitrogens is 1. The Morgan fingerprint density at radius 2 is 0.682 bits per heavy atom. The summed E-state index contributed by atoms with van der Waals surface area (Å²) in [6.45, 7) is 4.50. The lowest BCUT2D eigenvalue weighted by molar-refractivity contribution is -0.870. The lowest BCUT2D eigenvalue weighted by atomic mass is 10.0. The van der Waals surface area contributed by atoms with Crippen molar-refractivity contribution in [2.45, 2.75) is 302 Å². The van der Waals surface area contributed by atoms with Crippen LogP contribution in [0.2, 0.25) is 0 Å². The zero-order valence-electron chi connectivity index (χ0n) is 44.7. The van der Waals surface area contributed by atoms with E-state index in [0.717, 1.165) is 38.5 Å². The van der Waals surface area contributed by atoms with Gasteiger partial charge in [0.05, 0.1) is 27.7 Å². The second-order valence-electron chi connectivity index (χ2n) is 21.0. The molecule has 0 aromatic heterocycles. The molecule has 0 aromatic carbocycles. The average molecular weight is 959 g/mol. The Morgan fingerprint density at radius 1 is 0.409 bits per heavy atom. The van der Waals surface area contributed by atoms with Crippen LogP contribution in [0, 0.1) is 0 Å². The van der Waals surface area contributed by atoms with Crippen LogP contribution in [-0.4, -0.2) is 74.9 Å². The van der Waals surface area contributed by atoms with Crippen molar-refractivity contribution in [3.8, 4) is 0 Å². The minimum atomic E-state index is -4.38. The van der Waals surface area contributed by atoms with E-state index in [2.05, 4.69) is 13.8 Å². The Hall–Kier alpha value is -0.990. The molecule has 0 fully saturated rings. The van der Waals surface area contributed by atoms with Gasteiger partial charge in [0.2, 0.25) is 0 Å². The summed E-state index contributed by atoms with van der Waals surface area (Å²) < 4.78 is 34.6. The van der Waals surface area contributed by atoms with E-state index in [0.29, 0.717) is 17.4 Å². The van der Waals surface area contributed by atoms with Gasteiger partial charge < -0.3 is 18.9 Å². The fourth-order valence-electron chi connectivity index (χ4n) is 8.67. The average Bonchev–Trinajstić information content (AvgIpc) is 3.27. The molecular weight excluding hydrogens is 846 g/mol. The lowest BCUT2D eigenvalue weighted by Crippen LogP contribution is -2.37. The first-order chi connectivity index (χ1) is 32.0. The summed E-state index contributed by atoms with van der Waals surface area (Å²) in [5, 5.41) is 0. The maximum atomic E-state index is 12.8. The molecule has 2 atom stereocenters. The standard InChI is InChI=1S/C56H112NO8P/c1-6-8-10-12-14-16-18-20-22-24-25-26-27-28-29-30-31-33-35-37-39-41-43-45-47-49-56(59)65-54(53-64-66(60,61)63-51-50-57(3,4)5)52-62-55(58)48-46-44-42-40-38-36-34-32-23-21-19-17-15-13-11-9-7-2/h54H,6-53H2,1-5H3/p+1. The number of carbonyl (C=O) groups excluding carboxylic acids is 2. The van der Waals surface area contributed by atoms with E-state index in [1.165, 1.54) is 231 Å². The number of unbranched alkanes of at least 4 members (excludes halogenated alkanes) is 40. The molecule has 0 aliphatic heterocycles. The molecule has 0 bridgehead atoms. The fraction of sp³-hybridized carbons (Fsp3) is 0.964. The molecule has 2 unspecified atom stereocenters. The van der Waals surface area contributed by atoms with E-state index in [1.54, 1.807) is 0 Å². The van der Waals surface area contributed by atoms with Gasteiger partial charge >= 0.3 is 19.8 Å². The number of hydrogen-bond donors (Lipinski definition) is 1. The summed E-state index contributed by atoms with van der Waals surface area (Å²) in [5.74, 6) is -0.774. The van der Waals surface area contributed by atoms with Crippen LogP contribution in [0.3, 0.4) is 0 Å². The molecule has 1 N–H and O–H groups in total. The number of esters is 2. The molecule has 0 aromatic rings. The van der Waals surface area contributed by atoms with Crippen molar-refractivity contribution in [1.82, 2.24) is 0 Å². The molecule has 0 spiro atoms. The van der Waals surface area contributed by atoms with Gasteiger partial charge in [-0.3, -0.25) is 18.6 Å². The Morgan fingerprint density at radius 3 is 0.970 bits per heavy atom. The van der Waals surface area contributed by atoms with Gasteiger partial charge in [0, 0.05) is 12.8 Å². The maximum Gasteiger partial charge on any atom is 0.472 e. The van der Waals surface area contributed by atoms with Gasteiger partial charge in [-0.15, -0.1) is 0 Å². The molecule has 66 heavy (non-hydrogen) atoms. The molecule has 394 valence electrons. The van der Waals surface area contributed by atoms with Crippen molar-refractivity contribution in [3.63, 3.8) is 0 Å². The molecule has 0 rings (SSSR count). The van der Waals surface area contributed by atoms with E-state index in [4.69, 9.17) is 18.5 Å². The molecule has 9 nitrogen and oxygen atoms in total. The number of hydrogen-bond acceptors (Lipinski definition) is 7. The number of likely N-dealkylation sites (N-methyl/N-ethyl adjacent to an activating group) is 1. The second kappa shape index (κ2) is 49.0. The maximum absolute atomic E-state index is 12.8. The topological polar surface area (TPSA) is 108 Å². The fourth-order valence-corrected chi connectivity index (χ4v) is 9.41. The number of nitrogens with zero attached hydrogens (tertiary/aromatic N) is 1. The van der Waals surface area contributed by atoms with Gasteiger partial charge in [0.15, 0.2) is 6.10 Å². The summed E-state index contributed by atoms with van der Waals surface area (Å²) >= 11 is 0. The predicted molar refractivity (Wildman–Crippen MR) is 280 cm³/mol. The summed E-state index contributed by atoms with van der Waals surface area (Å²) in [6, 6.07) is 0. The summed E-state index contributed by atoms with van der Waals surface area (Å²) in [6.07, 6.45) is 54.5. The van der Waals surface area contributed by atoms with Gasteiger partial charge in [-0.1, -0.05) is 271 Å². The number of carbonyl (C=O) groups is 2. The zero-order chi connectivity index (χ0) is 48.5. The lowest BCUT2D eigenvalue weighted by Gasteiger charge is -2.24. The van der Waals surface area contributed by atoms with Gasteiger partial charge in [-0.25, -0.2) is 4.57 Å². The van der Waals surface area contributed by atoms with E-state index >= 15 is 0 Å². The number of ether oxygens (including phenoxy) is 2. The zero-order valence-corrected chi connectivity index (χ0v) is 45.6. The van der Waals surface area contributed by atoms with Crippen molar-refractivity contribution in [3.05, 3.63) is 0 Å². The monoisotopic (exact) mass is 959 g/mol. The molecule has 0 radical (unpaired) electrons. The highest BCUT2D eigenvalue weighted by molar-refractivity contribution is 7.47. The molecule has 10 heteroatoms. The number of rotatable bonds is 54. The summed E-state index contributed by atoms with van der Waals surface area (Å²) in [7, 11) is 1.50. The molecule has 0 saturated heterocycles. The van der Waals surface area contributed by atoms with Crippen LogP contribution < -0.4 is 0 Å². The quantitative estimate of drug-likeness (QED) is 0.0278. The molecule has 0 aliphatic rings. The molecule has 0 heterocycles. The predicted octanol–water partition coefficient (Wildman–Crippen LogP) is 17.5. The minimum Gasteiger partial charge on any atom is -0.462 e. The molecule has 0 aliphatic carbocycles. The van der Waals surface area contributed by atoms with E-state index in [-0.39, 0.29) is 25.6 Å². The first-order valence-corrected chi connectivity index (χ1v) is 30.3. The van der Waals surface area contributed by atoms with Gasteiger partial charge in [0.25, 0.3) is 0 Å². The number of phosphoric ester groups is 1. The Balaban J connectivity index is 4.09. The van der Waals surface area contributed by atoms with Crippen molar-refractivity contribution in [2.75, 3.05) is 47.5 Å². The van der Waals surface area contributed by atoms with Crippen LogP contribution in [0.15, 0.2) is 0 Å². The van der Waals surface area contributed by atoms with E-state index in [1.807, 2.05) is 21.1 Å². The third kappa shape index (κ3) is 52.4. The number of phosphoric acid groups is 1. The first kappa shape index (κ1) is 65.0. The second-order valence-corrected chi connectivity index (χ2v) is 22.5. The largest absolute Gasteiger partial charge is 0.472 e. The van der Waals surface area contributed by atoms with Gasteiger partial charge in [-0.2, -0.15) is 0 Å². The van der Waals surface area contributed by atoms with E-state index in [9.17, 15) is 19.0 Å². The van der Waals surface area contributed by atoms with Crippen LogP contribution in [0.25, 0.3) is 0 Å². The van der Waals surface area contributed by atoms with Crippen LogP contribution >= 0.6 is 7.82 Å². The van der Waals surface area contributed by atoms with Gasteiger partial charge in [-0.05, 0) is 12.8 Å². The van der Waals surface area contributed by atoms with Gasteiger partial charge in [0.1, 0.15) is 19.8 Å². The molecule has 0 saturated carbocycles. The Labute approximate surface area is 410 Å². The Kier molecular flexibility index (Phi) is 48.3. The highest BCUT2D eigenvalue weighted by Gasteiger charge is 2.27. The van der Waals surface area contributed by atoms with Crippen molar-refractivity contribution in [1.29, 1.82) is 0 Å². The molecule has 0 amide bonds. The van der Waals surface area contributed by atoms with Crippen LogP contribution in [0.5, 0.6) is 0 Å². The molecular formula is C56H113NO8P+. The Bertz CT molecular complexity index is 1080. The van der Waals surface area contributed by atoms with Crippen LogP contribution in [-0.2, 0) is 32.7 Å². The van der Waals surface area contributed by atoms with Crippen LogP contribution in [0.1, 0.15) is 296 Å². The summed E-state index contributed by atoms with van der Waals surface area (Å²) in [5.41, 5.74) is 0. The summed E-state index contributed by atoms with van der Waals surface area (Å²) in [4.78, 5) is 35.6. The highest BCUT2D eigenvalue weighted by atomic mass is 31.2. The van der Waals surface area contributed by atoms with Crippen molar-refractivity contribution >= 4 is 19.8 Å². The van der Waals surface area contributed by atoms with Crippen molar-refractivity contribution in [2.24, 2.45) is 0 Å². The SMILES string of the molecule is CCCCCCCCCCCCCCCCCCCCCCCCCCCC(=O)OC(COC(=O)CCCCCCCCCCCCCCCCCCC)COP(=O)(O)OCC[N+](C)(C)C. The smallest absolute Gasteiger partial charge is 0.462 e. The van der Waals surface area contributed by atoms with E-state index < -0.39 is 26.5 Å². The third-order valence-corrected chi connectivity index (χ3v) is 14.1. The van der Waals surface area contributed by atoms with Crippen LogP contribution in [0.4, 0.5) is 0 Å². The third-order valence-electron chi connectivity index (χ3n) is 13.1. The minimum absolute atomic E-state index is 0.0374.